The molecule has 0 radical (unpaired) electrons. The third-order valence-corrected chi connectivity index (χ3v) is 11.8. The van der Waals surface area contributed by atoms with Gasteiger partial charge < -0.3 is 0 Å². The zero-order chi connectivity index (χ0) is 39.2. The summed E-state index contributed by atoms with van der Waals surface area (Å²) in [5.74, 6) is 0.701. The molecule has 1 aliphatic rings. The Balaban J connectivity index is 1.14. The Bertz CT molecular complexity index is 3050. The number of hydrogen-bond acceptors (Lipinski definition) is 3. The van der Waals surface area contributed by atoms with E-state index in [1.54, 1.807) is 0 Å². The monoisotopic (exact) mass is 751 g/mol. The van der Waals surface area contributed by atoms with Crippen molar-refractivity contribution in [3.63, 3.8) is 0 Å². The smallest absolute Gasteiger partial charge is 0.160 e. The molecule has 59 heavy (non-hydrogen) atoms. The summed E-state index contributed by atoms with van der Waals surface area (Å²) in [5, 5.41) is 2.38. The summed E-state index contributed by atoms with van der Waals surface area (Å²) in [7, 11) is 0. The maximum atomic E-state index is 5.25. The number of benzene rings is 8. The van der Waals surface area contributed by atoms with Crippen molar-refractivity contribution < 1.29 is 0 Å². The Morgan fingerprint density at radius 3 is 1.47 bits per heavy atom. The number of rotatable bonds is 7. The van der Waals surface area contributed by atoms with E-state index in [1.165, 1.54) is 55.3 Å². The highest BCUT2D eigenvalue weighted by atomic mass is 14.9. The average molecular weight is 752 g/mol. The first-order chi connectivity index (χ1) is 29.3. The molecule has 0 saturated heterocycles. The van der Waals surface area contributed by atoms with Crippen molar-refractivity contribution in [2.45, 2.75) is 5.41 Å². The molecule has 0 saturated carbocycles. The van der Waals surface area contributed by atoms with Gasteiger partial charge in [-0.25, -0.2) is 9.97 Å². The molecule has 276 valence electrons. The first-order valence-electron chi connectivity index (χ1n) is 20.1. The van der Waals surface area contributed by atoms with Gasteiger partial charge in [0.2, 0.25) is 0 Å². The lowest BCUT2D eigenvalue weighted by Gasteiger charge is -2.34. The van der Waals surface area contributed by atoms with Gasteiger partial charge in [-0.05, 0) is 85.6 Å². The Morgan fingerprint density at radius 1 is 0.305 bits per heavy atom. The van der Waals surface area contributed by atoms with E-state index in [-0.39, 0.29) is 0 Å². The Labute approximate surface area is 344 Å². The molecule has 11 rings (SSSR count). The second-order valence-electron chi connectivity index (χ2n) is 15.1. The highest BCUT2D eigenvalue weighted by Gasteiger charge is 2.46. The zero-order valence-corrected chi connectivity index (χ0v) is 32.2. The highest BCUT2D eigenvalue weighted by molar-refractivity contribution is 6.04. The SMILES string of the molecule is c1ccc(-c2cc(-c3cccc(C4(c5cccc(-c6ccc(-c7ccccn7)c7ccccc67)c5)c5ccccc5-c5ccccc54)c3)nc(-c3ccccc3)n2)cc1. The molecule has 0 aliphatic heterocycles. The van der Waals surface area contributed by atoms with Crippen LogP contribution in [0.25, 0.3) is 78.2 Å². The molecule has 1 aliphatic carbocycles. The minimum Gasteiger partial charge on any atom is -0.256 e. The molecule has 2 aromatic heterocycles. The molecule has 0 amide bonds. The number of nitrogens with zero attached hydrogens (tertiary/aromatic N) is 3. The van der Waals surface area contributed by atoms with Crippen molar-refractivity contribution in [2.75, 3.05) is 0 Å². The van der Waals surface area contributed by atoms with E-state index >= 15 is 0 Å². The van der Waals surface area contributed by atoms with Crippen molar-refractivity contribution in [3.8, 4) is 67.4 Å². The van der Waals surface area contributed by atoms with Gasteiger partial charge in [-0.2, -0.15) is 0 Å². The van der Waals surface area contributed by atoms with Crippen molar-refractivity contribution in [1.82, 2.24) is 15.0 Å². The Kier molecular flexibility index (Phi) is 8.37. The fourth-order valence-electron chi connectivity index (χ4n) is 9.22. The van der Waals surface area contributed by atoms with Crippen molar-refractivity contribution in [2.24, 2.45) is 0 Å². The molecular formula is C56H37N3. The zero-order valence-electron chi connectivity index (χ0n) is 32.2. The van der Waals surface area contributed by atoms with Crippen LogP contribution in [-0.2, 0) is 5.41 Å². The van der Waals surface area contributed by atoms with Crippen LogP contribution in [0.3, 0.4) is 0 Å². The second kappa shape index (κ2) is 14.3. The fourth-order valence-corrected chi connectivity index (χ4v) is 9.22. The number of aromatic nitrogens is 3. The predicted octanol–water partition coefficient (Wildman–Crippen LogP) is 13.7. The van der Waals surface area contributed by atoms with Crippen LogP contribution < -0.4 is 0 Å². The number of pyridine rings is 1. The van der Waals surface area contributed by atoms with Crippen LogP contribution in [0.1, 0.15) is 22.3 Å². The Morgan fingerprint density at radius 2 is 0.814 bits per heavy atom. The third kappa shape index (κ3) is 5.78. The van der Waals surface area contributed by atoms with Gasteiger partial charge >= 0.3 is 0 Å². The second-order valence-corrected chi connectivity index (χ2v) is 15.1. The maximum Gasteiger partial charge on any atom is 0.160 e. The summed E-state index contributed by atoms with van der Waals surface area (Å²) in [6, 6.07) is 78.1. The molecule has 2 heterocycles. The molecule has 3 heteroatoms. The molecule has 0 unspecified atom stereocenters. The predicted molar refractivity (Wildman–Crippen MR) is 242 cm³/mol. The van der Waals surface area contributed by atoms with E-state index in [1.807, 2.05) is 36.5 Å². The normalized spacial score (nSPS) is 12.5. The lowest BCUT2D eigenvalue weighted by molar-refractivity contribution is 0.769. The quantitative estimate of drug-likeness (QED) is 0.163. The van der Waals surface area contributed by atoms with Gasteiger partial charge in [0.05, 0.1) is 22.5 Å². The minimum absolute atomic E-state index is 0.611. The van der Waals surface area contributed by atoms with Crippen LogP contribution >= 0.6 is 0 Å². The van der Waals surface area contributed by atoms with E-state index in [0.29, 0.717) is 5.82 Å². The highest BCUT2D eigenvalue weighted by Crippen LogP contribution is 2.56. The lowest BCUT2D eigenvalue weighted by atomic mass is 9.67. The molecule has 0 fully saturated rings. The van der Waals surface area contributed by atoms with Crippen LogP contribution in [0.2, 0.25) is 0 Å². The van der Waals surface area contributed by atoms with Gasteiger partial charge in [0.15, 0.2) is 5.82 Å². The summed E-state index contributed by atoms with van der Waals surface area (Å²) in [4.78, 5) is 15.0. The molecule has 10 aromatic rings. The van der Waals surface area contributed by atoms with Crippen LogP contribution in [-0.4, -0.2) is 15.0 Å². The van der Waals surface area contributed by atoms with Gasteiger partial charge in [0, 0.05) is 28.5 Å². The largest absolute Gasteiger partial charge is 0.256 e. The summed E-state index contributed by atoms with van der Waals surface area (Å²) in [6.45, 7) is 0. The van der Waals surface area contributed by atoms with Crippen LogP contribution in [0.5, 0.6) is 0 Å². The fraction of sp³-hybridized carbons (Fsp3) is 0.0179. The van der Waals surface area contributed by atoms with Gasteiger partial charge in [-0.15, -0.1) is 0 Å². The van der Waals surface area contributed by atoms with E-state index < -0.39 is 5.41 Å². The van der Waals surface area contributed by atoms with Crippen molar-refractivity contribution in [1.29, 1.82) is 0 Å². The summed E-state index contributed by atoms with van der Waals surface area (Å²) >= 11 is 0. The molecule has 0 spiro atoms. The van der Waals surface area contributed by atoms with Crippen LogP contribution in [0.15, 0.2) is 225 Å². The standard InChI is InChI=1S/C56H37N3/c1-3-17-38(18-4-1)53-37-54(59-55(58-53)39-19-5-2-6-20-39)41-22-16-24-43(36-41)56(50-29-11-9-27-47(50)48-28-10-12-30-51(48)56)42-23-15-21-40(35-42)44-32-33-49(52-31-13-14-34-57-52)46-26-8-7-25-45(44)46/h1-37H. The van der Waals surface area contributed by atoms with E-state index in [9.17, 15) is 0 Å². The topological polar surface area (TPSA) is 38.7 Å². The minimum atomic E-state index is -0.611. The molecular weight excluding hydrogens is 715 g/mol. The molecule has 8 aromatic carbocycles. The average Bonchev–Trinajstić information content (AvgIpc) is 3.63. The number of fused-ring (bicyclic) bond motifs is 4. The maximum absolute atomic E-state index is 5.25. The summed E-state index contributed by atoms with van der Waals surface area (Å²) in [6.07, 6.45) is 1.86. The van der Waals surface area contributed by atoms with E-state index in [0.717, 1.165) is 39.3 Å². The summed E-state index contributed by atoms with van der Waals surface area (Å²) in [5.41, 5.74) is 16.1. The molecule has 0 N–H and O–H groups in total. The number of hydrogen-bond donors (Lipinski definition) is 0. The van der Waals surface area contributed by atoms with Crippen molar-refractivity contribution in [3.05, 3.63) is 247 Å². The van der Waals surface area contributed by atoms with E-state index in [2.05, 4.69) is 188 Å². The van der Waals surface area contributed by atoms with Crippen molar-refractivity contribution >= 4 is 10.8 Å². The van der Waals surface area contributed by atoms with Crippen LogP contribution in [0.4, 0.5) is 0 Å². The van der Waals surface area contributed by atoms with Gasteiger partial charge in [0.1, 0.15) is 0 Å². The first kappa shape index (κ1) is 34.5. The van der Waals surface area contributed by atoms with E-state index in [4.69, 9.17) is 15.0 Å². The van der Waals surface area contributed by atoms with Crippen LogP contribution in [0, 0.1) is 0 Å². The lowest BCUT2D eigenvalue weighted by Crippen LogP contribution is -2.28. The molecule has 3 nitrogen and oxygen atoms in total. The third-order valence-electron chi connectivity index (χ3n) is 11.8. The first-order valence-corrected chi connectivity index (χ1v) is 20.1. The molecule has 0 atom stereocenters. The molecule has 0 bridgehead atoms. The van der Waals surface area contributed by atoms with Gasteiger partial charge in [-0.1, -0.05) is 188 Å². The summed E-state index contributed by atoms with van der Waals surface area (Å²) < 4.78 is 0. The van der Waals surface area contributed by atoms with Gasteiger partial charge in [0.25, 0.3) is 0 Å². The Hall–Kier alpha value is -7.75. The van der Waals surface area contributed by atoms with Gasteiger partial charge in [-0.3, -0.25) is 4.98 Å².